The Morgan fingerprint density at radius 1 is 1.57 bits per heavy atom. The molecule has 0 unspecified atom stereocenters. The first kappa shape index (κ1) is 11.5. The third-order valence-electron chi connectivity index (χ3n) is 3.03. The summed E-state index contributed by atoms with van der Waals surface area (Å²) in [5, 5.41) is 9.00. The van der Waals surface area contributed by atoms with Crippen LogP contribution in [0, 0.1) is 11.3 Å². The van der Waals surface area contributed by atoms with Crippen molar-refractivity contribution in [1.29, 1.82) is 0 Å². The second-order valence-electron chi connectivity index (χ2n) is 4.18. The molecule has 1 aliphatic rings. The van der Waals surface area contributed by atoms with Gasteiger partial charge in [-0.05, 0) is 12.8 Å². The molecule has 0 aliphatic carbocycles. The maximum atomic E-state index is 11.2. The smallest absolute Gasteiger partial charge is 0.311 e. The molecular weight excluding hydrogens is 206 g/mol. The Bertz CT molecular complexity index is 350. The first-order valence-electron chi connectivity index (χ1n) is 4.36. The van der Waals surface area contributed by atoms with Crippen LogP contribution < -0.4 is 0 Å². The van der Waals surface area contributed by atoms with Crippen LogP contribution in [0.2, 0.25) is 0 Å². The lowest BCUT2D eigenvalue weighted by atomic mass is 9.81. The second-order valence-corrected chi connectivity index (χ2v) is 6.16. The number of aliphatic carboxylic acids is 1. The Balaban J connectivity index is 2.95. The van der Waals surface area contributed by atoms with E-state index < -0.39 is 21.4 Å². The Kier molecular flexibility index (Phi) is 2.62. The molecule has 0 radical (unpaired) electrons. The van der Waals surface area contributed by atoms with Crippen molar-refractivity contribution in [1.82, 2.24) is 4.31 Å². The van der Waals surface area contributed by atoms with E-state index in [0.717, 1.165) is 6.26 Å². The van der Waals surface area contributed by atoms with Crippen LogP contribution in [0.25, 0.3) is 0 Å². The monoisotopic (exact) mass is 221 g/mol. The van der Waals surface area contributed by atoms with Gasteiger partial charge in [0.05, 0.1) is 11.7 Å². The number of hydrogen-bond acceptors (Lipinski definition) is 3. The van der Waals surface area contributed by atoms with Gasteiger partial charge in [-0.25, -0.2) is 12.7 Å². The third kappa shape index (κ3) is 1.76. The first-order chi connectivity index (χ1) is 6.18. The van der Waals surface area contributed by atoms with Crippen molar-refractivity contribution < 1.29 is 18.3 Å². The van der Waals surface area contributed by atoms with Crippen LogP contribution in [-0.2, 0) is 14.8 Å². The zero-order valence-electron chi connectivity index (χ0n) is 8.52. The van der Waals surface area contributed by atoms with Gasteiger partial charge < -0.3 is 5.11 Å². The quantitative estimate of drug-likeness (QED) is 0.711. The average molecular weight is 221 g/mol. The van der Waals surface area contributed by atoms with Crippen LogP contribution in [0.1, 0.15) is 13.8 Å². The molecule has 0 aromatic rings. The lowest BCUT2D eigenvalue weighted by Crippen LogP contribution is -2.36. The summed E-state index contributed by atoms with van der Waals surface area (Å²) < 4.78 is 23.7. The van der Waals surface area contributed by atoms with Gasteiger partial charge in [0.25, 0.3) is 0 Å². The summed E-state index contributed by atoms with van der Waals surface area (Å²) in [6, 6.07) is 0. The number of rotatable bonds is 2. The van der Waals surface area contributed by atoms with Crippen LogP contribution in [0.15, 0.2) is 0 Å². The van der Waals surface area contributed by atoms with Crippen molar-refractivity contribution in [3.05, 3.63) is 0 Å². The van der Waals surface area contributed by atoms with E-state index in [0.29, 0.717) is 6.54 Å². The summed E-state index contributed by atoms with van der Waals surface area (Å²) >= 11 is 0. The van der Waals surface area contributed by atoms with Gasteiger partial charge in [0.1, 0.15) is 0 Å². The van der Waals surface area contributed by atoms with E-state index in [1.165, 1.54) is 4.31 Å². The average Bonchev–Trinajstić information content (AvgIpc) is 2.28. The lowest BCUT2D eigenvalue weighted by Gasteiger charge is -2.22. The van der Waals surface area contributed by atoms with E-state index in [9.17, 15) is 13.2 Å². The fraction of sp³-hybridized carbons (Fsp3) is 0.875. The van der Waals surface area contributed by atoms with Crippen LogP contribution in [0.5, 0.6) is 0 Å². The lowest BCUT2D eigenvalue weighted by molar-refractivity contribution is -0.148. The van der Waals surface area contributed by atoms with Crippen molar-refractivity contribution >= 4 is 16.0 Å². The summed E-state index contributed by atoms with van der Waals surface area (Å²) in [5.74, 6) is -1.09. The van der Waals surface area contributed by atoms with Gasteiger partial charge in [-0.2, -0.15) is 0 Å². The highest BCUT2D eigenvalue weighted by Gasteiger charge is 2.48. The number of carboxylic acid groups (broad SMARTS) is 1. The van der Waals surface area contributed by atoms with Gasteiger partial charge in [0.2, 0.25) is 10.0 Å². The Morgan fingerprint density at radius 3 is 2.29 bits per heavy atom. The molecule has 1 fully saturated rings. The normalized spacial score (nSPS) is 34.6. The standard InChI is InChI=1S/C8H15NO4S/c1-6-4-9(14(3,12)13)5-8(6,2)7(10)11/h6H,4-5H2,1-3H3,(H,10,11)/t6-,8-/m1/s1. The van der Waals surface area contributed by atoms with Crippen molar-refractivity contribution in [2.45, 2.75) is 13.8 Å². The second kappa shape index (κ2) is 3.20. The summed E-state index contributed by atoms with van der Waals surface area (Å²) in [7, 11) is -3.27. The molecule has 0 spiro atoms. The fourth-order valence-electron chi connectivity index (χ4n) is 1.62. The SMILES string of the molecule is C[C@@H]1CN(S(C)(=O)=O)C[C@@]1(C)C(=O)O. The summed E-state index contributed by atoms with van der Waals surface area (Å²) in [6.45, 7) is 3.72. The maximum absolute atomic E-state index is 11.2. The topological polar surface area (TPSA) is 74.7 Å². The number of sulfonamides is 1. The van der Waals surface area contributed by atoms with Crippen LogP contribution in [-0.4, -0.2) is 43.1 Å². The molecule has 0 aromatic carbocycles. The highest BCUT2D eigenvalue weighted by Crippen LogP contribution is 2.36. The molecule has 1 aliphatic heterocycles. The van der Waals surface area contributed by atoms with Crippen molar-refractivity contribution in [3.63, 3.8) is 0 Å². The molecule has 2 atom stereocenters. The minimum absolute atomic E-state index is 0.0718. The molecule has 5 nitrogen and oxygen atoms in total. The van der Waals surface area contributed by atoms with Gasteiger partial charge in [-0.3, -0.25) is 4.79 Å². The molecule has 0 amide bonds. The van der Waals surface area contributed by atoms with Gasteiger partial charge in [0.15, 0.2) is 0 Å². The van der Waals surface area contributed by atoms with Gasteiger partial charge >= 0.3 is 5.97 Å². The molecule has 1 N–H and O–H groups in total. The molecular formula is C8H15NO4S. The highest BCUT2D eigenvalue weighted by molar-refractivity contribution is 7.88. The van der Waals surface area contributed by atoms with Crippen LogP contribution in [0.3, 0.4) is 0 Å². The van der Waals surface area contributed by atoms with E-state index in [-0.39, 0.29) is 12.5 Å². The largest absolute Gasteiger partial charge is 0.481 e. The van der Waals surface area contributed by atoms with Gasteiger partial charge in [-0.1, -0.05) is 6.92 Å². The number of nitrogens with zero attached hydrogens (tertiary/aromatic N) is 1. The van der Waals surface area contributed by atoms with Crippen LogP contribution in [0.4, 0.5) is 0 Å². The van der Waals surface area contributed by atoms with E-state index in [4.69, 9.17) is 5.11 Å². The third-order valence-corrected chi connectivity index (χ3v) is 4.24. The number of carboxylic acids is 1. The predicted molar refractivity (Wildman–Crippen MR) is 51.3 cm³/mol. The zero-order valence-corrected chi connectivity index (χ0v) is 9.34. The van der Waals surface area contributed by atoms with E-state index >= 15 is 0 Å². The molecule has 1 rings (SSSR count). The van der Waals surface area contributed by atoms with Crippen molar-refractivity contribution in [3.8, 4) is 0 Å². The fourth-order valence-corrected chi connectivity index (χ4v) is 2.62. The molecule has 0 saturated carbocycles. The van der Waals surface area contributed by atoms with E-state index in [1.54, 1.807) is 13.8 Å². The van der Waals surface area contributed by atoms with Crippen molar-refractivity contribution in [2.24, 2.45) is 11.3 Å². The molecule has 14 heavy (non-hydrogen) atoms. The molecule has 1 heterocycles. The Labute approximate surface area is 83.8 Å². The van der Waals surface area contributed by atoms with Gasteiger partial charge in [0, 0.05) is 13.1 Å². The summed E-state index contributed by atoms with van der Waals surface area (Å²) in [6.07, 6.45) is 1.10. The summed E-state index contributed by atoms with van der Waals surface area (Å²) in [4.78, 5) is 11.0. The summed E-state index contributed by atoms with van der Waals surface area (Å²) in [5.41, 5.74) is -0.955. The number of hydrogen-bond donors (Lipinski definition) is 1. The first-order valence-corrected chi connectivity index (χ1v) is 6.21. The van der Waals surface area contributed by atoms with E-state index in [2.05, 4.69) is 0 Å². The Hall–Kier alpha value is -0.620. The number of carbonyl (C=O) groups is 1. The Morgan fingerprint density at radius 2 is 2.07 bits per heavy atom. The molecule has 0 aromatic heterocycles. The zero-order chi connectivity index (χ0) is 11.1. The van der Waals surface area contributed by atoms with Crippen LogP contribution >= 0.6 is 0 Å². The molecule has 6 heteroatoms. The predicted octanol–water partition coefficient (Wildman–Crippen LogP) is -0.0114. The molecule has 82 valence electrons. The highest BCUT2D eigenvalue weighted by atomic mass is 32.2. The van der Waals surface area contributed by atoms with Crippen molar-refractivity contribution in [2.75, 3.05) is 19.3 Å². The van der Waals surface area contributed by atoms with E-state index in [1.807, 2.05) is 0 Å². The maximum Gasteiger partial charge on any atom is 0.311 e. The molecule has 0 bridgehead atoms. The minimum atomic E-state index is -3.27. The van der Waals surface area contributed by atoms with Gasteiger partial charge in [-0.15, -0.1) is 0 Å². The molecule has 1 saturated heterocycles. The minimum Gasteiger partial charge on any atom is -0.481 e.